The predicted molar refractivity (Wildman–Crippen MR) is 90.8 cm³/mol. The first-order chi connectivity index (χ1) is 12.1. The minimum atomic E-state index is -0.879. The number of hydrogen-bond donors (Lipinski definition) is 2. The van der Waals surface area contributed by atoms with Crippen molar-refractivity contribution in [3.8, 4) is 5.69 Å². The molecule has 2 aliphatic rings. The Hall–Kier alpha value is -2.89. The third kappa shape index (κ3) is 2.73. The lowest BCUT2D eigenvalue weighted by Crippen LogP contribution is -2.40. The topological polar surface area (TPSA) is 84.2 Å². The van der Waals surface area contributed by atoms with Crippen molar-refractivity contribution >= 4 is 11.9 Å². The van der Waals surface area contributed by atoms with Crippen LogP contribution in [0, 0.1) is 23.7 Å². The molecule has 0 radical (unpaired) electrons. The highest BCUT2D eigenvalue weighted by Gasteiger charge is 2.51. The van der Waals surface area contributed by atoms with Crippen molar-refractivity contribution in [3.05, 3.63) is 60.7 Å². The summed E-state index contributed by atoms with van der Waals surface area (Å²) in [5.74, 6) is -2.13. The molecule has 128 valence electrons. The van der Waals surface area contributed by atoms with Gasteiger partial charge in [-0.05, 0) is 29.9 Å². The molecule has 1 aromatic heterocycles. The molecule has 1 amide bonds. The number of imidazole rings is 1. The Balaban J connectivity index is 1.50. The third-order valence-corrected chi connectivity index (χ3v) is 5.27. The number of aromatic nitrogens is 2. The number of nitrogens with one attached hydrogen (secondary N) is 1. The first-order valence-corrected chi connectivity index (χ1v) is 8.40. The molecule has 6 nitrogen and oxygen atoms in total. The number of para-hydroxylation sites is 1. The van der Waals surface area contributed by atoms with E-state index in [0.717, 1.165) is 17.7 Å². The largest absolute Gasteiger partial charge is 0.481 e. The molecule has 0 spiro atoms. The van der Waals surface area contributed by atoms with Crippen LogP contribution in [0.3, 0.4) is 0 Å². The first-order valence-electron chi connectivity index (χ1n) is 8.40. The number of carboxylic acid groups (broad SMARTS) is 1. The zero-order valence-electron chi connectivity index (χ0n) is 13.6. The number of carbonyl (C=O) groups excluding carboxylic acids is 1. The van der Waals surface area contributed by atoms with E-state index in [1.54, 1.807) is 12.5 Å². The molecule has 2 aromatic rings. The molecule has 6 heteroatoms. The van der Waals surface area contributed by atoms with Gasteiger partial charge in [0.2, 0.25) is 5.91 Å². The van der Waals surface area contributed by atoms with Crippen LogP contribution in [0.5, 0.6) is 0 Å². The van der Waals surface area contributed by atoms with Gasteiger partial charge in [-0.15, -0.1) is 0 Å². The summed E-state index contributed by atoms with van der Waals surface area (Å²) in [6.45, 7) is 0.358. The fourth-order valence-corrected chi connectivity index (χ4v) is 4.13. The number of hydrogen-bond acceptors (Lipinski definition) is 3. The number of amides is 1. The van der Waals surface area contributed by atoms with Crippen LogP contribution >= 0.6 is 0 Å². The Morgan fingerprint density at radius 3 is 2.68 bits per heavy atom. The molecule has 4 atom stereocenters. The molecule has 4 rings (SSSR count). The summed E-state index contributed by atoms with van der Waals surface area (Å²) >= 11 is 0. The summed E-state index contributed by atoms with van der Waals surface area (Å²) in [6.07, 6.45) is 9.97. The van der Waals surface area contributed by atoms with E-state index < -0.39 is 17.8 Å². The number of rotatable bonds is 5. The van der Waals surface area contributed by atoms with E-state index in [9.17, 15) is 14.7 Å². The predicted octanol–water partition coefficient (Wildman–Crippen LogP) is 2.01. The smallest absolute Gasteiger partial charge is 0.307 e. The molecule has 25 heavy (non-hydrogen) atoms. The summed E-state index contributed by atoms with van der Waals surface area (Å²) < 4.78 is 1.89. The molecule has 2 N–H and O–H groups in total. The van der Waals surface area contributed by atoms with Gasteiger partial charge < -0.3 is 15.0 Å². The van der Waals surface area contributed by atoms with Crippen LogP contribution in [0.1, 0.15) is 12.0 Å². The van der Waals surface area contributed by atoms with Crippen LogP contribution < -0.4 is 5.32 Å². The number of carbonyl (C=O) groups is 2. The van der Waals surface area contributed by atoms with Crippen molar-refractivity contribution in [2.24, 2.45) is 23.7 Å². The maximum Gasteiger partial charge on any atom is 0.307 e. The van der Waals surface area contributed by atoms with Crippen molar-refractivity contribution < 1.29 is 14.7 Å². The SMILES string of the molecule is O=C(O)[C@H]1[C@H](C(=O)NCc2ccccc2-n2ccnc2)[C@H]2C=C[C@H]1C2. The zero-order chi connectivity index (χ0) is 17.4. The molecule has 1 fully saturated rings. The van der Waals surface area contributed by atoms with Gasteiger partial charge >= 0.3 is 5.97 Å². The molecule has 1 saturated carbocycles. The molecule has 2 bridgehead atoms. The molecule has 1 aromatic carbocycles. The van der Waals surface area contributed by atoms with Crippen LogP contribution in [-0.4, -0.2) is 26.5 Å². The minimum Gasteiger partial charge on any atom is -0.481 e. The number of nitrogens with zero attached hydrogens (tertiary/aromatic N) is 2. The van der Waals surface area contributed by atoms with Gasteiger partial charge in [0.1, 0.15) is 0 Å². The van der Waals surface area contributed by atoms with Gasteiger partial charge in [0.15, 0.2) is 0 Å². The summed E-state index contributed by atoms with van der Waals surface area (Å²) in [5, 5.41) is 12.4. The normalized spacial score (nSPS) is 26.7. The van der Waals surface area contributed by atoms with Gasteiger partial charge in [-0.1, -0.05) is 30.4 Å². The Morgan fingerprint density at radius 1 is 1.20 bits per heavy atom. The zero-order valence-corrected chi connectivity index (χ0v) is 13.6. The fourth-order valence-electron chi connectivity index (χ4n) is 4.13. The second-order valence-electron chi connectivity index (χ2n) is 6.65. The van der Waals surface area contributed by atoms with Gasteiger partial charge in [0, 0.05) is 18.9 Å². The lowest BCUT2D eigenvalue weighted by molar-refractivity contribution is -0.147. The van der Waals surface area contributed by atoms with E-state index in [-0.39, 0.29) is 17.7 Å². The summed E-state index contributed by atoms with van der Waals surface area (Å²) in [7, 11) is 0. The lowest BCUT2D eigenvalue weighted by atomic mass is 9.82. The second kappa shape index (κ2) is 6.20. The summed E-state index contributed by atoms with van der Waals surface area (Å²) in [6, 6.07) is 7.76. The van der Waals surface area contributed by atoms with Gasteiger partial charge in [-0.3, -0.25) is 9.59 Å². The third-order valence-electron chi connectivity index (χ3n) is 5.27. The van der Waals surface area contributed by atoms with Crippen LogP contribution in [-0.2, 0) is 16.1 Å². The van der Waals surface area contributed by atoms with E-state index in [1.807, 2.05) is 47.2 Å². The number of allylic oxidation sites excluding steroid dienone is 2. The van der Waals surface area contributed by atoms with Crippen molar-refractivity contribution in [2.45, 2.75) is 13.0 Å². The number of fused-ring (bicyclic) bond motifs is 2. The van der Waals surface area contributed by atoms with E-state index in [4.69, 9.17) is 0 Å². The number of aliphatic carboxylic acids is 1. The minimum absolute atomic E-state index is 0.0171. The number of carboxylic acids is 1. The molecule has 0 aliphatic heterocycles. The molecule has 0 unspecified atom stereocenters. The monoisotopic (exact) mass is 337 g/mol. The summed E-state index contributed by atoms with van der Waals surface area (Å²) in [4.78, 5) is 28.3. The highest BCUT2D eigenvalue weighted by Crippen LogP contribution is 2.48. The highest BCUT2D eigenvalue weighted by atomic mass is 16.4. The number of benzene rings is 1. The Labute approximate surface area is 145 Å². The van der Waals surface area contributed by atoms with Crippen LogP contribution in [0.2, 0.25) is 0 Å². The van der Waals surface area contributed by atoms with Gasteiger partial charge in [-0.2, -0.15) is 0 Å². The van der Waals surface area contributed by atoms with E-state index in [0.29, 0.717) is 6.54 Å². The second-order valence-corrected chi connectivity index (χ2v) is 6.65. The maximum atomic E-state index is 12.7. The highest BCUT2D eigenvalue weighted by molar-refractivity contribution is 5.86. The van der Waals surface area contributed by atoms with Crippen molar-refractivity contribution in [1.29, 1.82) is 0 Å². The van der Waals surface area contributed by atoms with Crippen LogP contribution in [0.25, 0.3) is 5.69 Å². The van der Waals surface area contributed by atoms with Crippen LogP contribution in [0.15, 0.2) is 55.1 Å². The average Bonchev–Trinajstić information content (AvgIpc) is 3.35. The van der Waals surface area contributed by atoms with E-state index in [1.165, 1.54) is 0 Å². The van der Waals surface area contributed by atoms with Gasteiger partial charge in [0.25, 0.3) is 0 Å². The van der Waals surface area contributed by atoms with E-state index >= 15 is 0 Å². The first kappa shape index (κ1) is 15.6. The molecular weight excluding hydrogens is 318 g/mol. The lowest BCUT2D eigenvalue weighted by Gasteiger charge is -2.24. The Morgan fingerprint density at radius 2 is 1.96 bits per heavy atom. The average molecular weight is 337 g/mol. The quantitative estimate of drug-likeness (QED) is 0.818. The summed E-state index contributed by atoms with van der Waals surface area (Å²) in [5.41, 5.74) is 1.90. The Bertz CT molecular complexity index is 828. The van der Waals surface area contributed by atoms with Crippen molar-refractivity contribution in [1.82, 2.24) is 14.9 Å². The van der Waals surface area contributed by atoms with Crippen LogP contribution in [0.4, 0.5) is 0 Å². The molecule has 0 saturated heterocycles. The molecular formula is C19H19N3O3. The molecule has 1 heterocycles. The van der Waals surface area contributed by atoms with Crippen molar-refractivity contribution in [2.75, 3.05) is 0 Å². The molecule has 2 aliphatic carbocycles. The standard InChI is InChI=1S/C19H19N3O3/c23-18(16-12-5-6-13(9-12)17(16)19(24)25)21-10-14-3-1-2-4-15(14)22-8-7-20-11-22/h1-8,11-13,16-17H,9-10H2,(H,21,23)(H,24,25)/t12-,13-,16+,17+/m0/s1. The van der Waals surface area contributed by atoms with Gasteiger partial charge in [0.05, 0.1) is 23.9 Å². The van der Waals surface area contributed by atoms with Crippen molar-refractivity contribution in [3.63, 3.8) is 0 Å². The van der Waals surface area contributed by atoms with Gasteiger partial charge in [-0.25, -0.2) is 4.98 Å². The maximum absolute atomic E-state index is 12.7. The Kier molecular flexibility index (Phi) is 3.87. The fraction of sp³-hybridized carbons (Fsp3) is 0.316. The van der Waals surface area contributed by atoms with E-state index in [2.05, 4.69) is 10.3 Å².